The van der Waals surface area contributed by atoms with Gasteiger partial charge in [-0.2, -0.15) is 10.4 Å². The van der Waals surface area contributed by atoms with Crippen LogP contribution in [0.4, 0.5) is 5.82 Å². The molecule has 0 saturated carbocycles. The molecule has 0 bridgehead atoms. The monoisotopic (exact) mass is 277 g/mol. The first kappa shape index (κ1) is 12.8. The molecule has 6 heteroatoms. The van der Waals surface area contributed by atoms with E-state index in [9.17, 15) is 4.79 Å². The first-order valence-electron chi connectivity index (χ1n) is 6.28. The van der Waals surface area contributed by atoms with Crippen molar-refractivity contribution in [2.75, 3.05) is 5.32 Å². The zero-order valence-corrected chi connectivity index (χ0v) is 11.2. The van der Waals surface area contributed by atoms with Gasteiger partial charge in [0.1, 0.15) is 17.3 Å². The number of nitrogens with one attached hydrogen (secondary N) is 1. The van der Waals surface area contributed by atoms with Crippen LogP contribution in [-0.2, 0) is 7.05 Å². The van der Waals surface area contributed by atoms with Crippen LogP contribution in [0.1, 0.15) is 16.1 Å². The van der Waals surface area contributed by atoms with E-state index in [1.165, 1.54) is 4.68 Å². The number of nitriles is 1. The molecule has 3 rings (SSSR count). The number of amides is 1. The maximum absolute atomic E-state index is 12.2. The summed E-state index contributed by atoms with van der Waals surface area (Å²) < 4.78 is 1.47. The van der Waals surface area contributed by atoms with Crippen LogP contribution in [-0.4, -0.2) is 20.7 Å². The Bertz CT molecular complexity index is 875. The third-order valence-corrected chi connectivity index (χ3v) is 3.01. The van der Waals surface area contributed by atoms with Crippen molar-refractivity contribution in [3.05, 3.63) is 53.9 Å². The van der Waals surface area contributed by atoms with Crippen LogP contribution >= 0.6 is 0 Å². The van der Waals surface area contributed by atoms with Gasteiger partial charge in [-0.25, -0.2) is 4.98 Å². The van der Waals surface area contributed by atoms with E-state index in [-0.39, 0.29) is 11.5 Å². The molecule has 6 nitrogen and oxygen atoms in total. The average molecular weight is 277 g/mol. The van der Waals surface area contributed by atoms with Gasteiger partial charge in [-0.3, -0.25) is 9.48 Å². The Labute approximate surface area is 120 Å². The van der Waals surface area contributed by atoms with E-state index in [1.54, 1.807) is 19.3 Å². The number of para-hydroxylation sites is 1. The van der Waals surface area contributed by atoms with E-state index in [4.69, 9.17) is 5.26 Å². The number of aryl methyl sites for hydroxylation is 1. The van der Waals surface area contributed by atoms with Gasteiger partial charge < -0.3 is 5.32 Å². The van der Waals surface area contributed by atoms with Gasteiger partial charge in [0.05, 0.1) is 5.52 Å². The second-order valence-corrected chi connectivity index (χ2v) is 4.52. The van der Waals surface area contributed by atoms with E-state index in [0.717, 1.165) is 10.9 Å². The minimum Gasteiger partial charge on any atom is -0.303 e. The third-order valence-electron chi connectivity index (χ3n) is 3.01. The maximum atomic E-state index is 12.2. The molecule has 1 N–H and O–H groups in total. The summed E-state index contributed by atoms with van der Waals surface area (Å²) in [6.07, 6.45) is 1.55. The Kier molecular flexibility index (Phi) is 3.09. The molecule has 0 aliphatic heterocycles. The highest BCUT2D eigenvalue weighted by Gasteiger charge is 2.13. The Morgan fingerprint density at radius 3 is 2.90 bits per heavy atom. The predicted molar refractivity (Wildman–Crippen MR) is 77.6 cm³/mol. The van der Waals surface area contributed by atoms with E-state index >= 15 is 0 Å². The SMILES string of the molecule is Cn1cc(C#N)c(NC(=O)c2ccc3ccccc3n2)n1. The molecule has 1 aromatic carbocycles. The van der Waals surface area contributed by atoms with Gasteiger partial charge in [0, 0.05) is 18.6 Å². The van der Waals surface area contributed by atoms with Crippen molar-refractivity contribution in [3.8, 4) is 6.07 Å². The minimum absolute atomic E-state index is 0.236. The average Bonchev–Trinajstić information content (AvgIpc) is 2.86. The minimum atomic E-state index is -0.393. The van der Waals surface area contributed by atoms with Crippen LogP contribution in [0.25, 0.3) is 10.9 Å². The quantitative estimate of drug-likeness (QED) is 0.777. The molecule has 3 aromatic rings. The second kappa shape index (κ2) is 5.06. The molecule has 21 heavy (non-hydrogen) atoms. The Balaban J connectivity index is 1.92. The van der Waals surface area contributed by atoms with E-state index < -0.39 is 5.91 Å². The highest BCUT2D eigenvalue weighted by molar-refractivity contribution is 6.04. The number of aromatic nitrogens is 3. The first-order chi connectivity index (χ1) is 10.2. The zero-order valence-electron chi connectivity index (χ0n) is 11.2. The number of benzene rings is 1. The summed E-state index contributed by atoms with van der Waals surface area (Å²) in [5.41, 5.74) is 1.33. The summed E-state index contributed by atoms with van der Waals surface area (Å²) in [6.45, 7) is 0. The lowest BCUT2D eigenvalue weighted by atomic mass is 10.2. The number of carbonyl (C=O) groups excluding carboxylic acids is 1. The molecule has 102 valence electrons. The summed E-state index contributed by atoms with van der Waals surface area (Å²) in [5, 5.41) is 16.6. The van der Waals surface area contributed by atoms with Crippen molar-refractivity contribution in [1.29, 1.82) is 5.26 Å². The Morgan fingerprint density at radius 2 is 2.10 bits per heavy atom. The first-order valence-corrected chi connectivity index (χ1v) is 6.28. The van der Waals surface area contributed by atoms with Gasteiger partial charge in [0.25, 0.3) is 5.91 Å². The number of rotatable bonds is 2. The molecule has 0 fully saturated rings. The lowest BCUT2D eigenvalue weighted by Crippen LogP contribution is -2.14. The van der Waals surface area contributed by atoms with Crippen LogP contribution < -0.4 is 5.32 Å². The lowest BCUT2D eigenvalue weighted by molar-refractivity contribution is 0.102. The predicted octanol–water partition coefficient (Wildman–Crippen LogP) is 2.09. The number of hydrogen-bond acceptors (Lipinski definition) is 4. The fourth-order valence-electron chi connectivity index (χ4n) is 2.03. The van der Waals surface area contributed by atoms with E-state index in [2.05, 4.69) is 15.4 Å². The number of anilines is 1. The van der Waals surface area contributed by atoms with E-state index in [1.807, 2.05) is 36.4 Å². The smallest absolute Gasteiger partial charge is 0.275 e. The van der Waals surface area contributed by atoms with Crippen LogP contribution in [0, 0.1) is 11.3 Å². The van der Waals surface area contributed by atoms with E-state index in [0.29, 0.717) is 5.56 Å². The highest BCUT2D eigenvalue weighted by Crippen LogP contribution is 2.15. The lowest BCUT2D eigenvalue weighted by Gasteiger charge is -2.03. The molecule has 0 radical (unpaired) electrons. The molecule has 0 atom stereocenters. The number of carbonyl (C=O) groups is 1. The van der Waals surface area contributed by atoms with Crippen LogP contribution in [0.5, 0.6) is 0 Å². The summed E-state index contributed by atoms with van der Waals surface area (Å²) in [7, 11) is 1.69. The summed E-state index contributed by atoms with van der Waals surface area (Å²) in [6, 6.07) is 13.0. The van der Waals surface area contributed by atoms with Crippen molar-refractivity contribution >= 4 is 22.6 Å². The second-order valence-electron chi connectivity index (χ2n) is 4.52. The van der Waals surface area contributed by atoms with Crippen molar-refractivity contribution in [3.63, 3.8) is 0 Å². The molecule has 0 saturated heterocycles. The normalized spacial score (nSPS) is 10.3. The van der Waals surface area contributed by atoms with Crippen LogP contribution in [0.3, 0.4) is 0 Å². The van der Waals surface area contributed by atoms with Crippen molar-refractivity contribution < 1.29 is 4.79 Å². The van der Waals surface area contributed by atoms with Crippen molar-refractivity contribution in [2.24, 2.45) is 7.05 Å². The fraction of sp³-hybridized carbons (Fsp3) is 0.0667. The Morgan fingerprint density at radius 1 is 1.29 bits per heavy atom. The van der Waals surface area contributed by atoms with Gasteiger partial charge in [0.2, 0.25) is 0 Å². The molecule has 2 heterocycles. The van der Waals surface area contributed by atoms with Gasteiger partial charge in [-0.15, -0.1) is 0 Å². The molecule has 1 amide bonds. The molecule has 0 spiro atoms. The van der Waals surface area contributed by atoms with Gasteiger partial charge in [0.15, 0.2) is 5.82 Å². The molecule has 0 aliphatic carbocycles. The van der Waals surface area contributed by atoms with Gasteiger partial charge >= 0.3 is 0 Å². The molecular weight excluding hydrogens is 266 g/mol. The van der Waals surface area contributed by atoms with Crippen LogP contribution in [0.15, 0.2) is 42.6 Å². The molecule has 0 aliphatic rings. The summed E-state index contributed by atoms with van der Waals surface area (Å²) in [5.74, 6) is -0.157. The van der Waals surface area contributed by atoms with Crippen molar-refractivity contribution in [1.82, 2.24) is 14.8 Å². The summed E-state index contributed by atoms with van der Waals surface area (Å²) >= 11 is 0. The highest BCUT2D eigenvalue weighted by atomic mass is 16.2. The zero-order chi connectivity index (χ0) is 14.8. The molecule has 2 aromatic heterocycles. The van der Waals surface area contributed by atoms with Gasteiger partial charge in [-0.05, 0) is 12.1 Å². The van der Waals surface area contributed by atoms with Crippen LogP contribution in [0.2, 0.25) is 0 Å². The molecule has 0 unspecified atom stereocenters. The number of fused-ring (bicyclic) bond motifs is 1. The molecular formula is C15H11N5O. The number of nitrogens with zero attached hydrogens (tertiary/aromatic N) is 4. The van der Waals surface area contributed by atoms with Crippen molar-refractivity contribution in [2.45, 2.75) is 0 Å². The third kappa shape index (κ3) is 2.44. The standard InChI is InChI=1S/C15H11N5O/c1-20-9-11(8-16)14(19-20)18-15(21)13-7-6-10-4-2-3-5-12(10)17-13/h2-7,9H,1H3,(H,18,19,21). The topological polar surface area (TPSA) is 83.6 Å². The number of hydrogen-bond donors (Lipinski definition) is 1. The van der Waals surface area contributed by atoms with Gasteiger partial charge in [-0.1, -0.05) is 24.3 Å². The summed E-state index contributed by atoms with van der Waals surface area (Å²) in [4.78, 5) is 16.5. The Hall–Kier alpha value is -3.20. The largest absolute Gasteiger partial charge is 0.303 e. The fourth-order valence-corrected chi connectivity index (χ4v) is 2.03. The maximum Gasteiger partial charge on any atom is 0.275 e. The number of pyridine rings is 1.